The molecule has 2 rings (SSSR count). The maximum absolute atomic E-state index is 3.71. The molecular formula is C35H59NO. The summed E-state index contributed by atoms with van der Waals surface area (Å²) in [6.45, 7) is 4.55. The molecule has 0 aliphatic heterocycles. The lowest BCUT2D eigenvalue weighted by Gasteiger charge is -2.18. The smallest absolute Gasteiger partial charge is 0.0101 e. The first kappa shape index (κ1) is 33.4. The number of unbranched alkanes of at least 4 members (excludes halogenated alkanes) is 17. The van der Waals surface area contributed by atoms with Crippen molar-refractivity contribution in [1.82, 2.24) is 5.32 Å². The van der Waals surface area contributed by atoms with E-state index in [1.165, 1.54) is 127 Å². The molecule has 2 aromatic carbocycles. The predicted octanol–water partition coefficient (Wildman–Crippen LogP) is 10.0. The molecular weight excluding hydrogens is 450 g/mol. The van der Waals surface area contributed by atoms with Crippen LogP contribution in [0.2, 0.25) is 0 Å². The fourth-order valence-corrected chi connectivity index (χ4v) is 5.42. The van der Waals surface area contributed by atoms with E-state index in [9.17, 15) is 0 Å². The standard InChI is InChI=1S/C35H57N.H2O/c1-2-3-4-5-6-7-8-9-10-11-12-13-14-15-16-17-18-25-31-36-32-30-35(33-26-21-19-22-27-33)34-28-23-20-24-29-34;/h19-24,26-29,35-36H,2-18,25,30-32H2,1H3;1H2. The van der Waals surface area contributed by atoms with Gasteiger partial charge in [0.05, 0.1) is 0 Å². The fraction of sp³-hybridized carbons (Fsp3) is 0.657. The monoisotopic (exact) mass is 509 g/mol. The molecule has 0 unspecified atom stereocenters. The van der Waals surface area contributed by atoms with Crippen molar-refractivity contribution in [3.63, 3.8) is 0 Å². The fourth-order valence-electron chi connectivity index (χ4n) is 5.42. The van der Waals surface area contributed by atoms with Crippen molar-refractivity contribution in [1.29, 1.82) is 0 Å². The van der Waals surface area contributed by atoms with Crippen LogP contribution in [-0.2, 0) is 0 Å². The third-order valence-corrected chi connectivity index (χ3v) is 7.72. The largest absolute Gasteiger partial charge is 0.412 e. The van der Waals surface area contributed by atoms with Crippen LogP contribution < -0.4 is 5.32 Å². The van der Waals surface area contributed by atoms with Gasteiger partial charge in [0.25, 0.3) is 0 Å². The Morgan fingerprint density at radius 1 is 0.459 bits per heavy atom. The molecule has 2 aromatic rings. The van der Waals surface area contributed by atoms with E-state index < -0.39 is 0 Å². The van der Waals surface area contributed by atoms with E-state index in [0.717, 1.165) is 19.5 Å². The molecule has 0 saturated heterocycles. The van der Waals surface area contributed by atoms with E-state index in [0.29, 0.717) is 5.92 Å². The molecule has 0 fully saturated rings. The number of rotatable bonds is 24. The Bertz CT molecular complexity index is 662. The van der Waals surface area contributed by atoms with Crippen LogP contribution in [0.15, 0.2) is 60.7 Å². The molecule has 0 atom stereocenters. The van der Waals surface area contributed by atoms with Crippen molar-refractivity contribution in [2.45, 2.75) is 135 Å². The van der Waals surface area contributed by atoms with Crippen LogP contribution in [0.4, 0.5) is 0 Å². The topological polar surface area (TPSA) is 43.5 Å². The van der Waals surface area contributed by atoms with E-state index in [4.69, 9.17) is 0 Å². The Hall–Kier alpha value is -1.64. The molecule has 2 nitrogen and oxygen atoms in total. The van der Waals surface area contributed by atoms with Crippen molar-refractivity contribution >= 4 is 0 Å². The summed E-state index contributed by atoms with van der Waals surface area (Å²) in [5, 5.41) is 3.71. The Labute approximate surface area is 230 Å². The van der Waals surface area contributed by atoms with Crippen molar-refractivity contribution in [3.8, 4) is 0 Å². The summed E-state index contributed by atoms with van der Waals surface area (Å²) < 4.78 is 0. The average molecular weight is 510 g/mol. The van der Waals surface area contributed by atoms with Gasteiger partial charge in [-0.25, -0.2) is 0 Å². The van der Waals surface area contributed by atoms with E-state index in [1.54, 1.807) is 0 Å². The van der Waals surface area contributed by atoms with Crippen LogP contribution in [0.5, 0.6) is 0 Å². The molecule has 3 N–H and O–H groups in total. The Kier molecular flexibility index (Phi) is 22.3. The van der Waals surface area contributed by atoms with E-state index in [1.807, 2.05) is 0 Å². The van der Waals surface area contributed by atoms with Crippen LogP contribution in [0.1, 0.15) is 146 Å². The molecule has 0 radical (unpaired) electrons. The second-order valence-electron chi connectivity index (χ2n) is 10.9. The molecule has 210 valence electrons. The molecule has 0 heterocycles. The van der Waals surface area contributed by atoms with Crippen molar-refractivity contribution in [2.24, 2.45) is 0 Å². The minimum Gasteiger partial charge on any atom is -0.412 e. The Morgan fingerprint density at radius 2 is 0.811 bits per heavy atom. The zero-order valence-corrected chi connectivity index (χ0v) is 24.2. The minimum atomic E-state index is 0. The van der Waals surface area contributed by atoms with E-state index in [-0.39, 0.29) is 5.48 Å². The summed E-state index contributed by atoms with van der Waals surface area (Å²) in [6.07, 6.45) is 27.1. The molecule has 0 saturated carbocycles. The molecule has 2 heteroatoms. The first-order chi connectivity index (χ1) is 17.9. The highest BCUT2D eigenvalue weighted by atomic mass is 16.0. The van der Waals surface area contributed by atoms with Gasteiger partial charge in [-0.1, -0.05) is 177 Å². The Balaban J connectivity index is 0.00000684. The molecule has 37 heavy (non-hydrogen) atoms. The summed E-state index contributed by atoms with van der Waals surface area (Å²) >= 11 is 0. The van der Waals surface area contributed by atoms with E-state index in [2.05, 4.69) is 72.9 Å². The van der Waals surface area contributed by atoms with Gasteiger partial charge in [0.1, 0.15) is 0 Å². The normalized spacial score (nSPS) is 11.1. The summed E-state index contributed by atoms with van der Waals surface area (Å²) in [7, 11) is 0. The second-order valence-corrected chi connectivity index (χ2v) is 10.9. The molecule has 0 aliphatic carbocycles. The lowest BCUT2D eigenvalue weighted by Crippen LogP contribution is -2.19. The van der Waals surface area contributed by atoms with Gasteiger partial charge in [-0.05, 0) is 37.1 Å². The van der Waals surface area contributed by atoms with Crippen LogP contribution >= 0.6 is 0 Å². The Morgan fingerprint density at radius 3 is 1.19 bits per heavy atom. The van der Waals surface area contributed by atoms with Gasteiger partial charge in [0, 0.05) is 5.92 Å². The van der Waals surface area contributed by atoms with Gasteiger partial charge in [0.2, 0.25) is 0 Å². The summed E-state index contributed by atoms with van der Waals surface area (Å²) in [5.41, 5.74) is 2.86. The first-order valence-electron chi connectivity index (χ1n) is 15.7. The first-order valence-corrected chi connectivity index (χ1v) is 15.7. The lowest BCUT2D eigenvalue weighted by atomic mass is 9.88. The molecule has 0 aliphatic rings. The highest BCUT2D eigenvalue weighted by Gasteiger charge is 2.13. The average Bonchev–Trinajstić information content (AvgIpc) is 2.92. The lowest BCUT2D eigenvalue weighted by molar-refractivity contribution is 0.520. The van der Waals surface area contributed by atoms with Gasteiger partial charge in [0.15, 0.2) is 0 Å². The molecule has 0 spiro atoms. The molecule has 0 amide bonds. The summed E-state index contributed by atoms with van der Waals surface area (Å²) in [4.78, 5) is 0. The van der Waals surface area contributed by atoms with E-state index >= 15 is 0 Å². The SMILES string of the molecule is CCCCCCCCCCCCCCCCCCCCNCCC(c1ccccc1)c1ccccc1.O. The summed E-state index contributed by atoms with van der Waals surface area (Å²) in [6, 6.07) is 22.0. The zero-order valence-electron chi connectivity index (χ0n) is 24.2. The third-order valence-electron chi connectivity index (χ3n) is 7.72. The summed E-state index contributed by atoms with van der Waals surface area (Å²) in [5.74, 6) is 0.486. The van der Waals surface area contributed by atoms with Gasteiger partial charge in [-0.2, -0.15) is 0 Å². The van der Waals surface area contributed by atoms with Crippen LogP contribution in [0.3, 0.4) is 0 Å². The highest BCUT2D eigenvalue weighted by molar-refractivity contribution is 5.32. The van der Waals surface area contributed by atoms with Crippen molar-refractivity contribution < 1.29 is 5.48 Å². The molecule has 0 bridgehead atoms. The maximum Gasteiger partial charge on any atom is 0.0101 e. The van der Waals surface area contributed by atoms with Crippen molar-refractivity contribution in [3.05, 3.63) is 71.8 Å². The molecule has 0 aromatic heterocycles. The van der Waals surface area contributed by atoms with Crippen LogP contribution in [0, 0.1) is 0 Å². The van der Waals surface area contributed by atoms with Gasteiger partial charge in [-0.15, -0.1) is 0 Å². The number of hydrogen-bond acceptors (Lipinski definition) is 1. The highest BCUT2D eigenvalue weighted by Crippen LogP contribution is 2.27. The van der Waals surface area contributed by atoms with Gasteiger partial charge < -0.3 is 10.8 Å². The zero-order chi connectivity index (χ0) is 25.4. The quantitative estimate of drug-likeness (QED) is 0.141. The van der Waals surface area contributed by atoms with Crippen LogP contribution in [-0.4, -0.2) is 18.6 Å². The van der Waals surface area contributed by atoms with Crippen molar-refractivity contribution in [2.75, 3.05) is 13.1 Å². The van der Waals surface area contributed by atoms with Gasteiger partial charge >= 0.3 is 0 Å². The number of nitrogens with one attached hydrogen (secondary N) is 1. The predicted molar refractivity (Wildman–Crippen MR) is 165 cm³/mol. The number of hydrogen-bond donors (Lipinski definition) is 1. The van der Waals surface area contributed by atoms with Gasteiger partial charge in [-0.3, -0.25) is 0 Å². The number of benzene rings is 2. The minimum absolute atomic E-state index is 0. The second kappa shape index (κ2) is 24.7. The third kappa shape index (κ3) is 17.5. The van der Waals surface area contributed by atoms with Crippen LogP contribution in [0.25, 0.3) is 0 Å². The maximum atomic E-state index is 3.71.